The third-order valence-electron chi connectivity index (χ3n) is 7.61. The summed E-state index contributed by atoms with van der Waals surface area (Å²) < 4.78 is 10.6. The van der Waals surface area contributed by atoms with Gasteiger partial charge < -0.3 is 14.6 Å². The van der Waals surface area contributed by atoms with E-state index in [4.69, 9.17) is 9.47 Å². The lowest BCUT2D eigenvalue weighted by molar-refractivity contribution is -0.161. The molecule has 0 saturated carbocycles. The van der Waals surface area contributed by atoms with Gasteiger partial charge in [-0.3, -0.25) is 9.59 Å². The molecule has 0 fully saturated rings. The molecule has 254 valence electrons. The molecule has 0 rings (SSSR count). The normalized spacial score (nSPS) is 12.7. The zero-order valence-electron chi connectivity index (χ0n) is 28.7. The van der Waals surface area contributed by atoms with Gasteiger partial charge >= 0.3 is 11.9 Å². The Morgan fingerprint density at radius 3 is 1.50 bits per heavy atom. The number of aliphatic hydroxyl groups excluding tert-OH is 1. The van der Waals surface area contributed by atoms with Crippen LogP contribution >= 0.6 is 0 Å². The molecule has 0 heterocycles. The predicted octanol–water partition coefficient (Wildman–Crippen LogP) is 11.1. The Morgan fingerprint density at radius 2 is 0.977 bits per heavy atom. The van der Waals surface area contributed by atoms with Crippen molar-refractivity contribution in [2.75, 3.05) is 13.2 Å². The molecule has 44 heavy (non-hydrogen) atoms. The lowest BCUT2D eigenvalue weighted by Crippen LogP contribution is -2.28. The molecular formula is C39H68O5. The highest BCUT2D eigenvalue weighted by Gasteiger charge is 2.16. The Labute approximate surface area is 271 Å². The molecule has 5 nitrogen and oxygen atoms in total. The van der Waals surface area contributed by atoms with Crippen LogP contribution in [0.1, 0.15) is 168 Å². The van der Waals surface area contributed by atoms with Crippen molar-refractivity contribution in [3.05, 3.63) is 48.6 Å². The van der Waals surface area contributed by atoms with Crippen molar-refractivity contribution in [1.29, 1.82) is 0 Å². The second kappa shape index (κ2) is 35.3. The summed E-state index contributed by atoms with van der Waals surface area (Å²) in [6, 6.07) is 0. The molecule has 0 spiro atoms. The van der Waals surface area contributed by atoms with E-state index >= 15 is 0 Å². The van der Waals surface area contributed by atoms with Gasteiger partial charge in [-0.2, -0.15) is 0 Å². The highest BCUT2D eigenvalue weighted by atomic mass is 16.6. The summed E-state index contributed by atoms with van der Waals surface area (Å²) in [6.45, 7) is 3.98. The average molecular weight is 617 g/mol. The SMILES string of the molecule is CCC=CCC=CCC=CCCCCCCCC(=O)OCC(CO)OC(=O)CCCCCCCCCC=CCCCCCC. The van der Waals surface area contributed by atoms with Crippen molar-refractivity contribution in [2.24, 2.45) is 0 Å². The third kappa shape index (κ3) is 32.8. The van der Waals surface area contributed by atoms with E-state index in [1.165, 1.54) is 70.6 Å². The molecule has 0 saturated heterocycles. The van der Waals surface area contributed by atoms with Crippen LogP contribution in [0.25, 0.3) is 0 Å². The van der Waals surface area contributed by atoms with E-state index in [2.05, 4.69) is 62.5 Å². The minimum absolute atomic E-state index is 0.0773. The maximum Gasteiger partial charge on any atom is 0.306 e. The Hall–Kier alpha value is -2.14. The van der Waals surface area contributed by atoms with Gasteiger partial charge in [0.2, 0.25) is 0 Å². The number of carbonyl (C=O) groups excluding carboxylic acids is 2. The summed E-state index contributed by atoms with van der Waals surface area (Å²) in [5, 5.41) is 9.53. The van der Waals surface area contributed by atoms with E-state index in [0.717, 1.165) is 70.6 Å². The summed E-state index contributed by atoms with van der Waals surface area (Å²) in [5.74, 6) is -0.619. The van der Waals surface area contributed by atoms with Crippen LogP contribution in [0, 0.1) is 0 Å². The van der Waals surface area contributed by atoms with Gasteiger partial charge in [0.1, 0.15) is 6.61 Å². The van der Waals surface area contributed by atoms with E-state index in [1.807, 2.05) is 0 Å². The third-order valence-corrected chi connectivity index (χ3v) is 7.61. The minimum Gasteiger partial charge on any atom is -0.462 e. The molecule has 1 N–H and O–H groups in total. The van der Waals surface area contributed by atoms with Crippen molar-refractivity contribution in [3.63, 3.8) is 0 Å². The lowest BCUT2D eigenvalue weighted by atomic mass is 10.1. The fourth-order valence-corrected chi connectivity index (χ4v) is 4.86. The zero-order valence-corrected chi connectivity index (χ0v) is 28.7. The number of aliphatic hydroxyl groups is 1. The van der Waals surface area contributed by atoms with Crippen LogP contribution in [0.4, 0.5) is 0 Å². The quantitative estimate of drug-likeness (QED) is 0.0462. The topological polar surface area (TPSA) is 72.8 Å². The molecule has 0 aliphatic carbocycles. The fourth-order valence-electron chi connectivity index (χ4n) is 4.86. The largest absolute Gasteiger partial charge is 0.462 e. The van der Waals surface area contributed by atoms with Crippen LogP contribution in [0.3, 0.4) is 0 Å². The van der Waals surface area contributed by atoms with Gasteiger partial charge in [-0.25, -0.2) is 0 Å². The summed E-state index contributed by atoms with van der Waals surface area (Å²) in [7, 11) is 0. The van der Waals surface area contributed by atoms with Gasteiger partial charge in [0.05, 0.1) is 6.61 Å². The molecule has 1 atom stereocenters. The van der Waals surface area contributed by atoms with Crippen LogP contribution in [0.5, 0.6) is 0 Å². The molecule has 0 aliphatic rings. The Balaban J connectivity index is 3.61. The summed E-state index contributed by atoms with van der Waals surface area (Å²) in [4.78, 5) is 24.2. The zero-order chi connectivity index (χ0) is 32.2. The smallest absolute Gasteiger partial charge is 0.306 e. The van der Waals surface area contributed by atoms with Crippen LogP contribution in [-0.2, 0) is 19.1 Å². The number of rotatable bonds is 32. The highest BCUT2D eigenvalue weighted by molar-refractivity contribution is 5.70. The Bertz CT molecular complexity index is 752. The molecular weight excluding hydrogens is 548 g/mol. The molecule has 1 unspecified atom stereocenters. The maximum absolute atomic E-state index is 12.1. The molecule has 0 radical (unpaired) electrons. The van der Waals surface area contributed by atoms with Crippen LogP contribution < -0.4 is 0 Å². The van der Waals surface area contributed by atoms with E-state index < -0.39 is 6.10 Å². The molecule has 0 amide bonds. The van der Waals surface area contributed by atoms with E-state index in [1.54, 1.807) is 0 Å². The van der Waals surface area contributed by atoms with Crippen LogP contribution in [0.15, 0.2) is 48.6 Å². The number of unbranched alkanes of at least 4 members (excludes halogenated alkanes) is 16. The van der Waals surface area contributed by atoms with Crippen molar-refractivity contribution in [1.82, 2.24) is 0 Å². The number of hydrogen-bond donors (Lipinski definition) is 1. The number of allylic oxidation sites excluding steroid dienone is 8. The first kappa shape index (κ1) is 41.9. The Morgan fingerprint density at radius 1 is 0.545 bits per heavy atom. The van der Waals surface area contributed by atoms with Gasteiger partial charge in [0.25, 0.3) is 0 Å². The van der Waals surface area contributed by atoms with Gasteiger partial charge in [0, 0.05) is 12.8 Å². The predicted molar refractivity (Wildman–Crippen MR) is 187 cm³/mol. The molecule has 0 aromatic rings. The number of hydrogen-bond acceptors (Lipinski definition) is 5. The molecule has 0 aromatic heterocycles. The fraction of sp³-hybridized carbons (Fsp3) is 0.744. The number of esters is 2. The first-order chi connectivity index (χ1) is 21.6. The van der Waals surface area contributed by atoms with Gasteiger partial charge in [0.15, 0.2) is 6.10 Å². The monoisotopic (exact) mass is 617 g/mol. The summed E-state index contributed by atoms with van der Waals surface area (Å²) in [5.41, 5.74) is 0. The number of ether oxygens (including phenoxy) is 2. The number of carbonyl (C=O) groups is 2. The van der Waals surface area contributed by atoms with Crippen molar-refractivity contribution in [3.8, 4) is 0 Å². The van der Waals surface area contributed by atoms with Gasteiger partial charge in [-0.05, 0) is 70.6 Å². The van der Waals surface area contributed by atoms with Crippen LogP contribution in [-0.4, -0.2) is 36.4 Å². The second-order valence-electron chi connectivity index (χ2n) is 11.9. The Kier molecular flexibility index (Phi) is 33.6. The van der Waals surface area contributed by atoms with Crippen molar-refractivity contribution >= 4 is 11.9 Å². The van der Waals surface area contributed by atoms with E-state index in [0.29, 0.717) is 12.8 Å². The maximum atomic E-state index is 12.1. The second-order valence-corrected chi connectivity index (χ2v) is 11.9. The summed E-state index contributed by atoms with van der Waals surface area (Å²) in [6.07, 6.45) is 43.0. The minimum atomic E-state index is -0.779. The first-order valence-corrected chi connectivity index (χ1v) is 18.2. The molecule has 5 heteroatoms. The van der Waals surface area contributed by atoms with E-state index in [-0.39, 0.29) is 25.2 Å². The van der Waals surface area contributed by atoms with Crippen molar-refractivity contribution < 1.29 is 24.2 Å². The highest BCUT2D eigenvalue weighted by Crippen LogP contribution is 2.12. The average Bonchev–Trinajstić information content (AvgIpc) is 3.02. The van der Waals surface area contributed by atoms with Crippen LogP contribution in [0.2, 0.25) is 0 Å². The van der Waals surface area contributed by atoms with Crippen molar-refractivity contribution in [2.45, 2.75) is 174 Å². The summed E-state index contributed by atoms with van der Waals surface area (Å²) >= 11 is 0. The molecule has 0 aliphatic heterocycles. The lowest BCUT2D eigenvalue weighted by Gasteiger charge is -2.15. The van der Waals surface area contributed by atoms with Gasteiger partial charge in [-0.1, -0.05) is 133 Å². The molecule has 0 aromatic carbocycles. The standard InChI is InChI=1S/C39H68O5/c1-3-5-7-9-11-13-15-17-19-21-23-25-27-29-31-33-38(41)43-36-37(35-40)44-39(42)34-32-30-28-26-24-22-20-18-16-14-12-10-8-6-4-2/h5,7,11,13-14,16-17,19,37,40H,3-4,6,8-10,12,15,18,20-36H2,1-2H3. The van der Waals surface area contributed by atoms with E-state index in [9.17, 15) is 14.7 Å². The van der Waals surface area contributed by atoms with Gasteiger partial charge in [-0.15, -0.1) is 0 Å². The first-order valence-electron chi connectivity index (χ1n) is 18.2. The molecule has 0 bridgehead atoms.